The van der Waals surface area contributed by atoms with Gasteiger partial charge in [-0.05, 0) is 37.6 Å². The second-order valence-electron chi connectivity index (χ2n) is 3.49. The number of hydrogen-bond acceptors (Lipinski definition) is 1. The first-order valence-corrected chi connectivity index (χ1v) is 4.46. The summed E-state index contributed by atoms with van der Waals surface area (Å²) in [6.45, 7) is 3.49. The summed E-state index contributed by atoms with van der Waals surface area (Å²) in [5.41, 5.74) is 0.619. The highest BCUT2D eigenvalue weighted by molar-refractivity contribution is 5.82. The zero-order chi connectivity index (χ0) is 11.2. The predicted molar refractivity (Wildman–Crippen MR) is 50.7 cm³/mol. The molecule has 1 nitrogen and oxygen atoms in total. The maximum Gasteiger partial charge on any atom is 0.416 e. The van der Waals surface area contributed by atoms with Crippen LogP contribution < -0.4 is 0 Å². The van der Waals surface area contributed by atoms with E-state index < -0.39 is 11.7 Å². The number of halogens is 3. The summed E-state index contributed by atoms with van der Waals surface area (Å²) in [6.07, 6.45) is -4.30. The van der Waals surface area contributed by atoms with Gasteiger partial charge in [-0.2, -0.15) is 13.2 Å². The predicted octanol–water partition coefficient (Wildman–Crippen LogP) is 4.07. The molecule has 2 rings (SSSR count). The van der Waals surface area contributed by atoms with Crippen molar-refractivity contribution >= 4 is 11.0 Å². The standard InChI is InChI=1S/C11H9F3O/c1-6-7(2)15-10-4-3-8(5-9(6)10)11(12,13)14/h3-5H,1-2H3. The van der Waals surface area contributed by atoms with Gasteiger partial charge >= 0.3 is 6.18 Å². The molecule has 0 bridgehead atoms. The Labute approximate surface area is 84.5 Å². The molecule has 0 saturated carbocycles. The SMILES string of the molecule is Cc1oc2ccc(C(F)(F)F)cc2c1C. The second-order valence-corrected chi connectivity index (χ2v) is 3.49. The molecule has 1 aromatic heterocycles. The van der Waals surface area contributed by atoms with Crippen LogP contribution in [0.25, 0.3) is 11.0 Å². The van der Waals surface area contributed by atoms with Gasteiger partial charge in [0.15, 0.2) is 0 Å². The summed E-state index contributed by atoms with van der Waals surface area (Å²) in [6, 6.07) is 3.52. The molecule has 0 unspecified atom stereocenters. The third kappa shape index (κ3) is 1.60. The van der Waals surface area contributed by atoms with Crippen LogP contribution in [0.2, 0.25) is 0 Å². The highest BCUT2D eigenvalue weighted by atomic mass is 19.4. The van der Waals surface area contributed by atoms with E-state index in [1.54, 1.807) is 13.8 Å². The molecule has 0 atom stereocenters. The van der Waals surface area contributed by atoms with Crippen molar-refractivity contribution < 1.29 is 17.6 Å². The van der Waals surface area contributed by atoms with E-state index in [2.05, 4.69) is 0 Å². The molecule has 0 aliphatic carbocycles. The van der Waals surface area contributed by atoms with E-state index in [4.69, 9.17) is 4.42 Å². The molecule has 1 aromatic carbocycles. The molecule has 2 aromatic rings. The first-order valence-electron chi connectivity index (χ1n) is 4.46. The minimum Gasteiger partial charge on any atom is -0.461 e. The Balaban J connectivity index is 2.70. The second kappa shape index (κ2) is 3.02. The average molecular weight is 214 g/mol. The van der Waals surface area contributed by atoms with Crippen molar-refractivity contribution in [3.63, 3.8) is 0 Å². The van der Waals surface area contributed by atoms with Crippen molar-refractivity contribution in [1.82, 2.24) is 0 Å². The lowest BCUT2D eigenvalue weighted by molar-refractivity contribution is -0.137. The zero-order valence-electron chi connectivity index (χ0n) is 8.27. The van der Waals surface area contributed by atoms with Crippen molar-refractivity contribution in [2.75, 3.05) is 0 Å². The van der Waals surface area contributed by atoms with E-state index in [0.717, 1.165) is 17.7 Å². The number of hydrogen-bond donors (Lipinski definition) is 0. The van der Waals surface area contributed by atoms with Crippen molar-refractivity contribution in [1.29, 1.82) is 0 Å². The molecule has 0 radical (unpaired) electrons. The van der Waals surface area contributed by atoms with Gasteiger partial charge in [-0.15, -0.1) is 0 Å². The lowest BCUT2D eigenvalue weighted by Crippen LogP contribution is -2.03. The van der Waals surface area contributed by atoms with E-state index in [1.165, 1.54) is 6.07 Å². The van der Waals surface area contributed by atoms with Crippen LogP contribution in [0, 0.1) is 13.8 Å². The Morgan fingerprint density at radius 1 is 1.13 bits per heavy atom. The molecule has 0 N–H and O–H groups in total. The molecule has 0 aliphatic heterocycles. The summed E-state index contributed by atoms with van der Waals surface area (Å²) in [7, 11) is 0. The molecule has 0 amide bonds. The van der Waals surface area contributed by atoms with Crippen LogP contribution in [0.15, 0.2) is 22.6 Å². The van der Waals surface area contributed by atoms with Crippen molar-refractivity contribution in [3.8, 4) is 0 Å². The Hall–Kier alpha value is -1.45. The van der Waals surface area contributed by atoms with E-state index in [1.807, 2.05) is 0 Å². The molecule has 0 spiro atoms. The fourth-order valence-corrected chi connectivity index (χ4v) is 1.52. The third-order valence-corrected chi connectivity index (χ3v) is 2.50. The molecule has 1 heterocycles. The molecule has 0 aliphatic rings. The zero-order valence-corrected chi connectivity index (χ0v) is 8.27. The monoisotopic (exact) mass is 214 g/mol. The van der Waals surface area contributed by atoms with E-state index in [-0.39, 0.29) is 0 Å². The van der Waals surface area contributed by atoms with Gasteiger partial charge in [0.05, 0.1) is 5.56 Å². The molecular weight excluding hydrogens is 205 g/mol. The first-order chi connectivity index (χ1) is 6.89. The van der Waals surface area contributed by atoms with Gasteiger partial charge in [-0.3, -0.25) is 0 Å². The first kappa shape index (κ1) is 10.1. The average Bonchev–Trinajstić information content (AvgIpc) is 2.41. The summed E-state index contributed by atoms with van der Waals surface area (Å²) in [5.74, 6) is 0.657. The van der Waals surface area contributed by atoms with Gasteiger partial charge in [-0.25, -0.2) is 0 Å². The molecule has 0 saturated heterocycles. The van der Waals surface area contributed by atoms with Crippen LogP contribution in [0.5, 0.6) is 0 Å². The van der Waals surface area contributed by atoms with E-state index in [0.29, 0.717) is 16.7 Å². The molecular formula is C11H9F3O. The normalized spacial score (nSPS) is 12.3. The highest BCUT2D eigenvalue weighted by Crippen LogP contribution is 2.33. The van der Waals surface area contributed by atoms with E-state index in [9.17, 15) is 13.2 Å². The molecule has 80 valence electrons. The van der Waals surface area contributed by atoms with Gasteiger partial charge in [0.25, 0.3) is 0 Å². The number of benzene rings is 1. The van der Waals surface area contributed by atoms with Gasteiger partial charge in [0.2, 0.25) is 0 Å². The summed E-state index contributed by atoms with van der Waals surface area (Å²) >= 11 is 0. The Bertz CT molecular complexity index is 508. The topological polar surface area (TPSA) is 13.1 Å². The van der Waals surface area contributed by atoms with Crippen molar-refractivity contribution in [2.24, 2.45) is 0 Å². The number of rotatable bonds is 0. The van der Waals surface area contributed by atoms with Gasteiger partial charge in [0.1, 0.15) is 11.3 Å². The van der Waals surface area contributed by atoms with Gasteiger partial charge < -0.3 is 4.42 Å². The minimum atomic E-state index is -4.30. The Morgan fingerprint density at radius 3 is 2.40 bits per heavy atom. The van der Waals surface area contributed by atoms with Crippen LogP contribution in [-0.4, -0.2) is 0 Å². The Morgan fingerprint density at radius 2 is 1.80 bits per heavy atom. The maximum absolute atomic E-state index is 12.4. The van der Waals surface area contributed by atoms with E-state index >= 15 is 0 Å². The van der Waals surface area contributed by atoms with Crippen LogP contribution in [-0.2, 0) is 6.18 Å². The number of alkyl halides is 3. The molecule has 4 heteroatoms. The molecule has 0 fully saturated rings. The van der Waals surface area contributed by atoms with Crippen LogP contribution in [0.4, 0.5) is 13.2 Å². The van der Waals surface area contributed by atoms with Gasteiger partial charge in [-0.1, -0.05) is 0 Å². The van der Waals surface area contributed by atoms with Crippen LogP contribution in [0.3, 0.4) is 0 Å². The number of aryl methyl sites for hydroxylation is 2. The maximum atomic E-state index is 12.4. The lowest BCUT2D eigenvalue weighted by atomic mass is 10.1. The van der Waals surface area contributed by atoms with Crippen LogP contribution >= 0.6 is 0 Å². The molecule has 15 heavy (non-hydrogen) atoms. The van der Waals surface area contributed by atoms with Crippen LogP contribution in [0.1, 0.15) is 16.9 Å². The van der Waals surface area contributed by atoms with Crippen molar-refractivity contribution in [2.45, 2.75) is 20.0 Å². The smallest absolute Gasteiger partial charge is 0.416 e. The van der Waals surface area contributed by atoms with Gasteiger partial charge in [0, 0.05) is 5.39 Å². The largest absolute Gasteiger partial charge is 0.461 e. The summed E-state index contributed by atoms with van der Waals surface area (Å²) in [5, 5.41) is 0.530. The fourth-order valence-electron chi connectivity index (χ4n) is 1.52. The summed E-state index contributed by atoms with van der Waals surface area (Å²) < 4.78 is 42.6. The quantitative estimate of drug-likeness (QED) is 0.644. The van der Waals surface area contributed by atoms with Crippen molar-refractivity contribution in [3.05, 3.63) is 35.1 Å². The summed E-state index contributed by atoms with van der Waals surface area (Å²) in [4.78, 5) is 0. The third-order valence-electron chi connectivity index (χ3n) is 2.50. The number of fused-ring (bicyclic) bond motifs is 1. The fraction of sp³-hybridized carbons (Fsp3) is 0.273. The number of furan rings is 1. The minimum absolute atomic E-state index is 0.498. The Kier molecular flexibility index (Phi) is 2.03. The lowest BCUT2D eigenvalue weighted by Gasteiger charge is -2.05. The highest BCUT2D eigenvalue weighted by Gasteiger charge is 2.30.